The number of aromatic nitrogens is 2. The van der Waals surface area contributed by atoms with E-state index in [0.717, 1.165) is 16.0 Å². The summed E-state index contributed by atoms with van der Waals surface area (Å²) in [5.74, 6) is 0.282. The van der Waals surface area contributed by atoms with Crippen molar-refractivity contribution in [3.8, 4) is 28.3 Å². The zero-order valence-electron chi connectivity index (χ0n) is 13.2. The molecule has 0 saturated heterocycles. The van der Waals surface area contributed by atoms with Crippen LogP contribution in [-0.2, 0) is 0 Å². The number of nitrogens with zero attached hydrogens (tertiary/aromatic N) is 1. The molecule has 2 heterocycles. The van der Waals surface area contributed by atoms with Gasteiger partial charge >= 0.3 is 0 Å². The second kappa shape index (κ2) is 5.82. The molecule has 0 saturated carbocycles. The number of phenolic OH excluding ortho intramolecular Hbond substituents is 1. The van der Waals surface area contributed by atoms with Gasteiger partial charge in [0.25, 0.3) is 5.56 Å². The first-order chi connectivity index (χ1) is 12.0. The molecule has 0 atom stereocenters. The summed E-state index contributed by atoms with van der Waals surface area (Å²) >= 11 is 1.43. The molecule has 4 nitrogen and oxygen atoms in total. The summed E-state index contributed by atoms with van der Waals surface area (Å²) in [6, 6.07) is 12.6. The average Bonchev–Trinajstić information content (AvgIpc) is 2.93. The number of phenols is 1. The van der Waals surface area contributed by atoms with Gasteiger partial charge in [-0.15, -0.1) is 11.3 Å². The highest BCUT2D eigenvalue weighted by Crippen LogP contribution is 2.36. The minimum absolute atomic E-state index is 0.151. The number of hydrogen-bond donors (Lipinski definition) is 2. The first-order valence-electron chi connectivity index (χ1n) is 7.61. The fraction of sp³-hybridized carbons (Fsp3) is 0.0526. The quantitative estimate of drug-likeness (QED) is 0.559. The second-order valence-corrected chi connectivity index (χ2v) is 6.88. The summed E-state index contributed by atoms with van der Waals surface area (Å²) in [5.41, 5.74) is 2.05. The number of H-pyrrole nitrogens is 1. The smallest absolute Gasteiger partial charge is 0.260 e. The molecule has 2 aromatic carbocycles. The highest BCUT2D eigenvalue weighted by Gasteiger charge is 2.17. The Morgan fingerprint density at radius 2 is 1.68 bits per heavy atom. The summed E-state index contributed by atoms with van der Waals surface area (Å²) in [6.07, 6.45) is 0. The molecule has 0 radical (unpaired) electrons. The number of fused-ring (bicyclic) bond motifs is 1. The third kappa shape index (κ3) is 2.70. The number of hydrogen-bond acceptors (Lipinski definition) is 4. The second-order valence-electron chi connectivity index (χ2n) is 5.68. The number of thiophene rings is 1. The van der Waals surface area contributed by atoms with E-state index in [2.05, 4.69) is 9.97 Å². The zero-order valence-corrected chi connectivity index (χ0v) is 14.0. The van der Waals surface area contributed by atoms with Crippen LogP contribution in [0.4, 0.5) is 4.39 Å². The molecule has 2 aromatic heterocycles. The number of aromatic amines is 1. The fourth-order valence-electron chi connectivity index (χ4n) is 2.84. The standard InChI is InChI=1S/C19H13FN2O2S/c1-10-15(11-2-6-13(20)7-3-11)16-18(24)21-17(22-19(16)25-10)12-4-8-14(23)9-5-12/h2-9,23H,1H3,(H,21,22,24). The van der Waals surface area contributed by atoms with Gasteiger partial charge in [0.2, 0.25) is 0 Å². The number of nitrogens with one attached hydrogen (secondary N) is 1. The molecule has 2 N–H and O–H groups in total. The van der Waals surface area contributed by atoms with Crippen molar-refractivity contribution in [3.63, 3.8) is 0 Å². The van der Waals surface area contributed by atoms with Crippen molar-refractivity contribution in [1.82, 2.24) is 9.97 Å². The molecule has 0 unspecified atom stereocenters. The summed E-state index contributed by atoms with van der Waals surface area (Å²) in [7, 11) is 0. The fourth-order valence-corrected chi connectivity index (χ4v) is 3.88. The Hall–Kier alpha value is -2.99. The van der Waals surface area contributed by atoms with E-state index in [9.17, 15) is 14.3 Å². The number of benzene rings is 2. The molecular weight excluding hydrogens is 339 g/mol. The SMILES string of the molecule is Cc1sc2nc(-c3ccc(O)cc3)[nH]c(=O)c2c1-c1ccc(F)cc1. The Bertz CT molecular complexity index is 1130. The average molecular weight is 352 g/mol. The van der Waals surface area contributed by atoms with Crippen LogP contribution in [0.1, 0.15) is 4.88 Å². The molecule has 0 aliphatic rings. The van der Waals surface area contributed by atoms with E-state index in [0.29, 0.717) is 21.6 Å². The van der Waals surface area contributed by atoms with Gasteiger partial charge in [0, 0.05) is 16.0 Å². The van der Waals surface area contributed by atoms with Crippen LogP contribution in [-0.4, -0.2) is 15.1 Å². The highest BCUT2D eigenvalue weighted by atomic mass is 32.1. The van der Waals surface area contributed by atoms with Gasteiger partial charge in [-0.3, -0.25) is 4.79 Å². The molecule has 0 bridgehead atoms. The van der Waals surface area contributed by atoms with Crippen LogP contribution >= 0.6 is 11.3 Å². The first kappa shape index (κ1) is 15.5. The van der Waals surface area contributed by atoms with Gasteiger partial charge in [-0.2, -0.15) is 0 Å². The maximum absolute atomic E-state index is 13.2. The Morgan fingerprint density at radius 3 is 2.36 bits per heavy atom. The van der Waals surface area contributed by atoms with E-state index < -0.39 is 0 Å². The predicted molar refractivity (Wildman–Crippen MR) is 97.5 cm³/mol. The number of rotatable bonds is 2. The van der Waals surface area contributed by atoms with Crippen LogP contribution in [0.15, 0.2) is 53.3 Å². The van der Waals surface area contributed by atoms with Gasteiger partial charge in [0.1, 0.15) is 22.2 Å². The van der Waals surface area contributed by atoms with E-state index in [-0.39, 0.29) is 17.1 Å². The minimum atomic E-state index is -0.317. The number of aromatic hydroxyl groups is 1. The van der Waals surface area contributed by atoms with Crippen LogP contribution in [0.25, 0.3) is 32.7 Å². The lowest BCUT2D eigenvalue weighted by Gasteiger charge is -2.03. The minimum Gasteiger partial charge on any atom is -0.508 e. The van der Waals surface area contributed by atoms with Crippen LogP contribution in [0.5, 0.6) is 5.75 Å². The normalized spacial score (nSPS) is 11.1. The summed E-state index contributed by atoms with van der Waals surface area (Å²) in [4.78, 5) is 21.6. The number of halogens is 1. The van der Waals surface area contributed by atoms with Crippen LogP contribution in [0, 0.1) is 12.7 Å². The Morgan fingerprint density at radius 1 is 1.04 bits per heavy atom. The van der Waals surface area contributed by atoms with Crippen molar-refractivity contribution in [2.45, 2.75) is 6.92 Å². The van der Waals surface area contributed by atoms with Crippen molar-refractivity contribution in [2.24, 2.45) is 0 Å². The van der Waals surface area contributed by atoms with Gasteiger partial charge in [-0.05, 0) is 48.9 Å². The van der Waals surface area contributed by atoms with Gasteiger partial charge < -0.3 is 10.1 Å². The predicted octanol–water partition coefficient (Wildman–Crippen LogP) is 4.47. The first-order valence-corrected chi connectivity index (χ1v) is 8.43. The molecular formula is C19H13FN2O2S. The van der Waals surface area contributed by atoms with E-state index >= 15 is 0 Å². The Kier molecular flexibility index (Phi) is 3.62. The molecule has 6 heteroatoms. The van der Waals surface area contributed by atoms with Crippen molar-refractivity contribution < 1.29 is 9.50 Å². The van der Waals surface area contributed by atoms with Crippen molar-refractivity contribution in [1.29, 1.82) is 0 Å². The Balaban J connectivity index is 1.93. The third-order valence-corrected chi connectivity index (χ3v) is 5.01. The maximum Gasteiger partial charge on any atom is 0.260 e. The van der Waals surface area contributed by atoms with E-state index in [1.165, 1.54) is 23.5 Å². The molecule has 0 amide bonds. The molecule has 124 valence electrons. The highest BCUT2D eigenvalue weighted by molar-refractivity contribution is 7.19. The van der Waals surface area contributed by atoms with Crippen molar-refractivity contribution >= 4 is 21.6 Å². The monoisotopic (exact) mass is 352 g/mol. The lowest BCUT2D eigenvalue weighted by atomic mass is 10.0. The van der Waals surface area contributed by atoms with Crippen molar-refractivity contribution in [2.75, 3.05) is 0 Å². The molecule has 0 fully saturated rings. The lowest BCUT2D eigenvalue weighted by molar-refractivity contribution is 0.475. The molecule has 0 spiro atoms. The van der Waals surface area contributed by atoms with Crippen LogP contribution in [0.2, 0.25) is 0 Å². The van der Waals surface area contributed by atoms with Crippen LogP contribution < -0.4 is 5.56 Å². The topological polar surface area (TPSA) is 66.0 Å². The molecule has 25 heavy (non-hydrogen) atoms. The summed E-state index contributed by atoms with van der Waals surface area (Å²) < 4.78 is 13.2. The maximum atomic E-state index is 13.2. The molecule has 0 aliphatic heterocycles. The van der Waals surface area contributed by atoms with E-state index in [4.69, 9.17) is 0 Å². The third-order valence-electron chi connectivity index (χ3n) is 4.01. The van der Waals surface area contributed by atoms with E-state index in [1.807, 2.05) is 6.92 Å². The van der Waals surface area contributed by atoms with Crippen molar-refractivity contribution in [3.05, 3.63) is 69.6 Å². The van der Waals surface area contributed by atoms with Gasteiger partial charge in [0.15, 0.2) is 0 Å². The summed E-state index contributed by atoms with van der Waals surface area (Å²) in [6.45, 7) is 1.92. The molecule has 4 rings (SSSR count). The largest absolute Gasteiger partial charge is 0.508 e. The van der Waals surface area contributed by atoms with Gasteiger partial charge in [-0.1, -0.05) is 12.1 Å². The lowest BCUT2D eigenvalue weighted by Crippen LogP contribution is -2.09. The van der Waals surface area contributed by atoms with E-state index in [1.54, 1.807) is 36.4 Å². The Labute approximate surface area is 146 Å². The van der Waals surface area contributed by atoms with Gasteiger partial charge in [-0.25, -0.2) is 9.37 Å². The molecule has 0 aliphatic carbocycles. The van der Waals surface area contributed by atoms with Gasteiger partial charge in [0.05, 0.1) is 5.39 Å². The molecule has 4 aromatic rings. The van der Waals surface area contributed by atoms with Crippen LogP contribution in [0.3, 0.4) is 0 Å². The summed E-state index contributed by atoms with van der Waals surface area (Å²) in [5, 5.41) is 9.91. The number of aryl methyl sites for hydroxylation is 1. The zero-order chi connectivity index (χ0) is 17.6.